The quantitative estimate of drug-likeness (QED) is 0.649. The maximum atomic E-state index is 12.6. The molecule has 26 heavy (non-hydrogen) atoms. The number of imidazole rings is 1. The second-order valence-electron chi connectivity index (χ2n) is 6.42. The number of carbonyl (C=O) groups is 1. The number of aromatic nitrogens is 2. The Morgan fingerprint density at radius 1 is 1.31 bits per heavy atom. The minimum absolute atomic E-state index is 0.0609. The molecule has 6 heteroatoms. The van der Waals surface area contributed by atoms with Gasteiger partial charge in [-0.05, 0) is 36.4 Å². The zero-order chi connectivity index (χ0) is 18.5. The Balaban J connectivity index is 1.87. The van der Waals surface area contributed by atoms with E-state index in [1.807, 2.05) is 35.8 Å². The molecule has 138 valence electrons. The average Bonchev–Trinajstić information content (AvgIpc) is 3.30. The van der Waals surface area contributed by atoms with E-state index in [2.05, 4.69) is 35.5 Å². The fourth-order valence-electron chi connectivity index (χ4n) is 3.04. The van der Waals surface area contributed by atoms with Crippen LogP contribution in [0.2, 0.25) is 0 Å². The average molecular weight is 371 g/mol. The van der Waals surface area contributed by atoms with E-state index < -0.39 is 0 Å². The Morgan fingerprint density at radius 2 is 2.15 bits per heavy atom. The van der Waals surface area contributed by atoms with Gasteiger partial charge < -0.3 is 10.2 Å². The van der Waals surface area contributed by atoms with Crippen LogP contribution in [0.5, 0.6) is 0 Å². The van der Waals surface area contributed by atoms with Crippen molar-refractivity contribution in [3.05, 3.63) is 52.0 Å². The predicted molar refractivity (Wildman–Crippen MR) is 108 cm³/mol. The van der Waals surface area contributed by atoms with Crippen LogP contribution < -0.4 is 10.2 Å². The molecule has 0 aliphatic heterocycles. The molecule has 0 aliphatic rings. The number of pyridine rings is 1. The van der Waals surface area contributed by atoms with Crippen molar-refractivity contribution in [2.45, 2.75) is 39.7 Å². The molecule has 0 unspecified atom stereocenters. The maximum absolute atomic E-state index is 12.6. The summed E-state index contributed by atoms with van der Waals surface area (Å²) in [6.45, 7) is 5.85. The van der Waals surface area contributed by atoms with Gasteiger partial charge in [0.15, 0.2) is 0 Å². The highest BCUT2D eigenvalue weighted by Gasteiger charge is 2.16. The van der Waals surface area contributed by atoms with E-state index in [1.165, 1.54) is 0 Å². The lowest BCUT2D eigenvalue weighted by Gasteiger charge is -2.20. The third-order valence-electron chi connectivity index (χ3n) is 4.47. The van der Waals surface area contributed by atoms with E-state index in [0.717, 1.165) is 47.8 Å². The summed E-state index contributed by atoms with van der Waals surface area (Å²) in [5, 5.41) is 5.01. The van der Waals surface area contributed by atoms with Gasteiger partial charge in [0.2, 0.25) is 0 Å². The topological polar surface area (TPSA) is 49.6 Å². The molecule has 0 bridgehead atoms. The summed E-state index contributed by atoms with van der Waals surface area (Å²) in [6.07, 6.45) is 5.06. The van der Waals surface area contributed by atoms with Gasteiger partial charge in [0, 0.05) is 24.7 Å². The number of anilines is 1. The molecule has 0 saturated carbocycles. The first-order valence-corrected chi connectivity index (χ1v) is 10.0. The molecule has 1 N–H and O–H groups in total. The van der Waals surface area contributed by atoms with Crippen LogP contribution in [0.4, 0.5) is 5.82 Å². The van der Waals surface area contributed by atoms with Gasteiger partial charge in [-0.25, -0.2) is 4.98 Å². The molecule has 0 radical (unpaired) electrons. The molecule has 3 heterocycles. The number of unbranched alkanes of at least 4 members (excludes halogenated alkanes) is 1. The first-order valence-electron chi connectivity index (χ1n) is 9.16. The summed E-state index contributed by atoms with van der Waals surface area (Å²) < 4.78 is 2.05. The van der Waals surface area contributed by atoms with Crippen molar-refractivity contribution in [1.82, 2.24) is 14.7 Å². The normalized spacial score (nSPS) is 11.0. The zero-order valence-electron chi connectivity index (χ0n) is 15.7. The summed E-state index contributed by atoms with van der Waals surface area (Å²) in [6, 6.07) is 7.80. The first kappa shape index (κ1) is 18.5. The van der Waals surface area contributed by atoms with Gasteiger partial charge in [0.1, 0.15) is 11.5 Å². The van der Waals surface area contributed by atoms with Crippen molar-refractivity contribution in [1.29, 1.82) is 0 Å². The Bertz CT molecular complexity index is 869. The molecule has 0 atom stereocenters. The van der Waals surface area contributed by atoms with E-state index >= 15 is 0 Å². The minimum Gasteiger partial charge on any atom is -0.359 e. The number of carbonyl (C=O) groups excluding carboxylic acids is 1. The molecular weight excluding hydrogens is 344 g/mol. The number of hydrogen-bond donors (Lipinski definition) is 1. The Kier molecular flexibility index (Phi) is 5.93. The Hall–Kier alpha value is -2.34. The molecule has 0 fully saturated rings. The Labute approximate surface area is 158 Å². The van der Waals surface area contributed by atoms with Crippen molar-refractivity contribution in [3.63, 3.8) is 0 Å². The lowest BCUT2D eigenvalue weighted by molar-refractivity contribution is 0.0951. The van der Waals surface area contributed by atoms with Crippen LogP contribution in [0, 0.1) is 0 Å². The summed E-state index contributed by atoms with van der Waals surface area (Å²) in [5.74, 6) is 1.03. The lowest BCUT2D eigenvalue weighted by Crippen LogP contribution is -2.23. The molecular formula is C20H26N4OS. The molecule has 5 nitrogen and oxygen atoms in total. The number of rotatable bonds is 8. The van der Waals surface area contributed by atoms with Gasteiger partial charge >= 0.3 is 0 Å². The monoisotopic (exact) mass is 370 g/mol. The smallest absolute Gasteiger partial charge is 0.253 e. The van der Waals surface area contributed by atoms with Crippen LogP contribution in [-0.2, 0) is 13.0 Å². The van der Waals surface area contributed by atoms with Gasteiger partial charge in [0.25, 0.3) is 5.91 Å². The molecule has 3 aromatic rings. The molecule has 0 aliphatic carbocycles. The lowest BCUT2D eigenvalue weighted by atomic mass is 10.2. The second-order valence-corrected chi connectivity index (χ2v) is 7.45. The third-order valence-corrected chi connectivity index (χ3v) is 5.35. The number of thiophene rings is 1. The van der Waals surface area contributed by atoms with E-state index in [0.29, 0.717) is 12.1 Å². The molecule has 0 saturated heterocycles. The fourth-order valence-corrected chi connectivity index (χ4v) is 3.69. The van der Waals surface area contributed by atoms with Gasteiger partial charge in [-0.15, -0.1) is 11.3 Å². The SMILES string of the molecule is CCCCN(C)c1c(CC)nc2ccc(C(=O)NCc3cccs3)cn12. The highest BCUT2D eigenvalue weighted by Crippen LogP contribution is 2.23. The minimum atomic E-state index is -0.0609. The predicted octanol–water partition coefficient (Wildman–Crippen LogP) is 4.12. The highest BCUT2D eigenvalue weighted by molar-refractivity contribution is 7.09. The summed E-state index contributed by atoms with van der Waals surface area (Å²) >= 11 is 1.65. The summed E-state index contributed by atoms with van der Waals surface area (Å²) in [5.41, 5.74) is 2.61. The van der Waals surface area contributed by atoms with Crippen LogP contribution >= 0.6 is 11.3 Å². The first-order chi connectivity index (χ1) is 12.6. The molecule has 1 amide bonds. The van der Waals surface area contributed by atoms with E-state index in [9.17, 15) is 4.79 Å². The Morgan fingerprint density at radius 3 is 2.85 bits per heavy atom. The standard InChI is InChI=1S/C20H26N4OS/c1-4-6-11-23(3)20-17(5-2)22-18-10-9-15(14-24(18)20)19(25)21-13-16-8-7-12-26-16/h7-10,12,14H,4-6,11,13H2,1-3H3,(H,21,25). The largest absolute Gasteiger partial charge is 0.359 e. The van der Waals surface area contributed by atoms with E-state index in [-0.39, 0.29) is 5.91 Å². The van der Waals surface area contributed by atoms with Crippen LogP contribution in [-0.4, -0.2) is 28.9 Å². The second kappa shape index (κ2) is 8.36. The van der Waals surface area contributed by atoms with Crippen LogP contribution in [0.25, 0.3) is 5.65 Å². The molecule has 3 rings (SSSR count). The van der Waals surface area contributed by atoms with Crippen molar-refractivity contribution >= 4 is 28.7 Å². The number of fused-ring (bicyclic) bond motifs is 1. The van der Waals surface area contributed by atoms with Crippen LogP contribution in [0.3, 0.4) is 0 Å². The number of amides is 1. The highest BCUT2D eigenvalue weighted by atomic mass is 32.1. The fraction of sp³-hybridized carbons (Fsp3) is 0.400. The van der Waals surface area contributed by atoms with Crippen molar-refractivity contribution in [2.75, 3.05) is 18.5 Å². The van der Waals surface area contributed by atoms with Gasteiger partial charge in [-0.3, -0.25) is 9.20 Å². The number of hydrogen-bond acceptors (Lipinski definition) is 4. The summed E-state index contributed by atoms with van der Waals surface area (Å²) in [4.78, 5) is 20.7. The van der Waals surface area contributed by atoms with Crippen molar-refractivity contribution < 1.29 is 4.79 Å². The zero-order valence-corrected chi connectivity index (χ0v) is 16.5. The van der Waals surface area contributed by atoms with Crippen LogP contribution in [0.1, 0.15) is 47.6 Å². The molecule has 0 spiro atoms. The number of aryl methyl sites for hydroxylation is 1. The maximum Gasteiger partial charge on any atom is 0.253 e. The van der Waals surface area contributed by atoms with Crippen molar-refractivity contribution in [2.24, 2.45) is 0 Å². The number of nitrogens with zero attached hydrogens (tertiary/aromatic N) is 3. The summed E-state index contributed by atoms with van der Waals surface area (Å²) in [7, 11) is 2.10. The van der Waals surface area contributed by atoms with Gasteiger partial charge in [-0.2, -0.15) is 0 Å². The van der Waals surface area contributed by atoms with E-state index in [1.54, 1.807) is 11.3 Å². The van der Waals surface area contributed by atoms with Crippen LogP contribution in [0.15, 0.2) is 35.8 Å². The molecule has 3 aromatic heterocycles. The van der Waals surface area contributed by atoms with Gasteiger partial charge in [-0.1, -0.05) is 26.3 Å². The van der Waals surface area contributed by atoms with E-state index in [4.69, 9.17) is 4.98 Å². The molecule has 0 aromatic carbocycles. The van der Waals surface area contributed by atoms with Crippen molar-refractivity contribution in [3.8, 4) is 0 Å². The van der Waals surface area contributed by atoms with Gasteiger partial charge in [0.05, 0.1) is 17.8 Å². The third kappa shape index (κ3) is 3.90. The number of nitrogens with one attached hydrogen (secondary N) is 1.